The summed E-state index contributed by atoms with van der Waals surface area (Å²) in [4.78, 5) is 14.3. The first-order valence-corrected chi connectivity index (χ1v) is 14.5. The van der Waals surface area contributed by atoms with Crippen molar-refractivity contribution in [1.29, 1.82) is 0 Å². The average Bonchev–Trinajstić information content (AvgIpc) is 2.84. The molecule has 9 nitrogen and oxygen atoms in total. The Balaban J connectivity index is 1.71. The first-order valence-electron chi connectivity index (χ1n) is 11.6. The molecule has 35 heavy (non-hydrogen) atoms. The Morgan fingerprint density at radius 1 is 1.00 bits per heavy atom. The molecule has 1 aliphatic heterocycles. The van der Waals surface area contributed by atoms with Gasteiger partial charge >= 0.3 is 5.97 Å². The number of hydrogen-bond donors (Lipinski definition) is 1. The largest absolute Gasteiger partial charge is 0.465 e. The maximum atomic E-state index is 13.0. The highest BCUT2D eigenvalue weighted by molar-refractivity contribution is 7.92. The van der Waals surface area contributed by atoms with Crippen LogP contribution >= 0.6 is 0 Å². The first kappa shape index (κ1) is 27.0. The van der Waals surface area contributed by atoms with Gasteiger partial charge in [-0.1, -0.05) is 25.5 Å². The van der Waals surface area contributed by atoms with Crippen LogP contribution in [-0.2, 0) is 29.6 Å². The molecule has 0 aliphatic carbocycles. The first-order chi connectivity index (χ1) is 16.6. The van der Waals surface area contributed by atoms with Gasteiger partial charge in [0.15, 0.2) is 0 Å². The van der Waals surface area contributed by atoms with Crippen LogP contribution in [0.15, 0.2) is 58.3 Å². The summed E-state index contributed by atoms with van der Waals surface area (Å²) >= 11 is 0. The Hall–Kier alpha value is -2.63. The number of piperidine rings is 1. The van der Waals surface area contributed by atoms with Gasteiger partial charge in [-0.2, -0.15) is 0 Å². The van der Waals surface area contributed by atoms with Crippen LogP contribution in [0.5, 0.6) is 0 Å². The number of hydrogen-bond acceptors (Lipinski definition) is 7. The highest BCUT2D eigenvalue weighted by Gasteiger charge is 2.28. The van der Waals surface area contributed by atoms with Crippen LogP contribution in [0.2, 0.25) is 0 Å². The number of anilines is 2. The Morgan fingerprint density at radius 2 is 1.60 bits per heavy atom. The van der Waals surface area contributed by atoms with Gasteiger partial charge in [0.2, 0.25) is 10.0 Å². The Kier molecular flexibility index (Phi) is 8.79. The monoisotopic (exact) mass is 523 g/mol. The third-order valence-electron chi connectivity index (χ3n) is 5.97. The molecular weight excluding hydrogens is 490 g/mol. The van der Waals surface area contributed by atoms with Crippen molar-refractivity contribution in [1.82, 2.24) is 4.31 Å². The van der Waals surface area contributed by atoms with Gasteiger partial charge in [-0.05, 0) is 55.7 Å². The molecule has 2 aromatic carbocycles. The second kappa shape index (κ2) is 11.4. The minimum Gasteiger partial charge on any atom is -0.465 e. The van der Waals surface area contributed by atoms with Gasteiger partial charge in [-0.3, -0.25) is 9.52 Å². The van der Waals surface area contributed by atoms with E-state index in [9.17, 15) is 21.6 Å². The number of rotatable bonds is 10. The van der Waals surface area contributed by atoms with Gasteiger partial charge in [-0.15, -0.1) is 0 Å². The van der Waals surface area contributed by atoms with Crippen molar-refractivity contribution in [3.05, 3.63) is 48.5 Å². The quantitative estimate of drug-likeness (QED) is 0.376. The molecule has 1 fully saturated rings. The predicted octanol–water partition coefficient (Wildman–Crippen LogP) is 3.30. The third-order valence-corrected chi connectivity index (χ3v) is 9.18. The molecule has 11 heteroatoms. The molecule has 1 saturated heterocycles. The van der Waals surface area contributed by atoms with Crippen LogP contribution in [0, 0.1) is 5.92 Å². The minimum absolute atomic E-state index is 0.0120. The lowest BCUT2D eigenvalue weighted by atomic mass is 9.96. The molecular formula is C24H33N3O6S2. The van der Waals surface area contributed by atoms with Gasteiger partial charge in [-0.25, -0.2) is 21.1 Å². The predicted molar refractivity (Wildman–Crippen MR) is 135 cm³/mol. The average molecular weight is 524 g/mol. The normalized spacial score (nSPS) is 15.3. The molecule has 0 aromatic heterocycles. The molecule has 1 aliphatic rings. The maximum absolute atomic E-state index is 13.0. The summed E-state index contributed by atoms with van der Waals surface area (Å²) in [6.07, 6.45) is 3.09. The summed E-state index contributed by atoms with van der Waals surface area (Å²) in [5, 5.41) is 0. The van der Waals surface area contributed by atoms with E-state index in [-0.39, 0.29) is 21.7 Å². The van der Waals surface area contributed by atoms with Gasteiger partial charge in [0.1, 0.15) is 0 Å². The van der Waals surface area contributed by atoms with Crippen LogP contribution < -0.4 is 9.62 Å². The lowest BCUT2D eigenvalue weighted by Crippen LogP contribution is -2.37. The summed E-state index contributed by atoms with van der Waals surface area (Å²) in [6, 6.07) is 12.2. The molecule has 1 heterocycles. The summed E-state index contributed by atoms with van der Waals surface area (Å²) in [7, 11) is -4.78. The highest BCUT2D eigenvalue weighted by atomic mass is 32.2. The van der Waals surface area contributed by atoms with Gasteiger partial charge < -0.3 is 9.64 Å². The minimum atomic E-state index is -3.95. The number of carbonyl (C=O) groups excluding carboxylic acids is 1. The molecule has 0 radical (unpaired) electrons. The van der Waals surface area contributed by atoms with Crippen LogP contribution in [0.1, 0.15) is 32.6 Å². The van der Waals surface area contributed by atoms with Crippen molar-refractivity contribution in [2.75, 3.05) is 43.4 Å². The van der Waals surface area contributed by atoms with Crippen molar-refractivity contribution in [3.8, 4) is 0 Å². The molecule has 1 N–H and O–H groups in total. The number of carbonyl (C=O) groups is 1. The number of esters is 1. The van der Waals surface area contributed by atoms with Gasteiger partial charge in [0.05, 0.1) is 33.7 Å². The van der Waals surface area contributed by atoms with Crippen molar-refractivity contribution in [2.45, 2.75) is 42.4 Å². The third kappa shape index (κ3) is 6.53. The molecule has 192 valence electrons. The van der Waals surface area contributed by atoms with E-state index in [1.165, 1.54) is 38.4 Å². The second-order valence-electron chi connectivity index (χ2n) is 8.66. The number of nitrogens with one attached hydrogen (secondary N) is 1. The molecule has 2 aromatic rings. The molecule has 0 atom stereocenters. The second-order valence-corrected chi connectivity index (χ2v) is 12.5. The Labute approximate surface area is 208 Å². The van der Waals surface area contributed by atoms with Gasteiger partial charge in [0, 0.05) is 27.2 Å². The molecule has 0 unspecified atom stereocenters. The van der Waals surface area contributed by atoms with Crippen LogP contribution in [0.25, 0.3) is 0 Å². The van der Waals surface area contributed by atoms with E-state index in [0.29, 0.717) is 38.2 Å². The van der Waals surface area contributed by atoms with Crippen LogP contribution in [-0.4, -0.2) is 60.9 Å². The summed E-state index contributed by atoms with van der Waals surface area (Å²) < 4.78 is 59.7. The SMILES string of the molecule is CCCCOC(=O)C1CCN(c2ccccc2NS(=O)(=O)c2ccc(S(=O)(=O)N(C)C)cc2)CC1. The Morgan fingerprint density at radius 3 is 2.20 bits per heavy atom. The summed E-state index contributed by atoms with van der Waals surface area (Å²) in [5.41, 5.74) is 1.14. The van der Waals surface area contributed by atoms with E-state index in [2.05, 4.69) is 9.62 Å². The fraction of sp³-hybridized carbons (Fsp3) is 0.458. The van der Waals surface area contributed by atoms with E-state index >= 15 is 0 Å². The van der Waals surface area contributed by atoms with Gasteiger partial charge in [0.25, 0.3) is 10.0 Å². The van der Waals surface area contributed by atoms with Crippen molar-refractivity contribution in [3.63, 3.8) is 0 Å². The number of nitrogens with zero attached hydrogens (tertiary/aromatic N) is 2. The van der Waals surface area contributed by atoms with E-state index in [1.807, 2.05) is 19.1 Å². The fourth-order valence-corrected chi connectivity index (χ4v) is 5.81. The molecule has 0 amide bonds. The van der Waals surface area contributed by atoms with Crippen LogP contribution in [0.4, 0.5) is 11.4 Å². The number of sulfonamides is 2. The summed E-state index contributed by atoms with van der Waals surface area (Å²) in [5.74, 6) is -0.310. The number of ether oxygens (including phenoxy) is 1. The number of unbranched alkanes of at least 4 members (excludes halogenated alkanes) is 1. The Bertz CT molecular complexity index is 1220. The number of para-hydroxylation sites is 2. The van der Waals surface area contributed by atoms with E-state index in [1.54, 1.807) is 12.1 Å². The highest BCUT2D eigenvalue weighted by Crippen LogP contribution is 2.32. The standard InChI is InChI=1S/C24H33N3O6S2/c1-4-5-18-33-24(28)19-14-16-27(17-15-19)23-9-7-6-8-22(23)25-34(29,30)20-10-12-21(13-11-20)35(31,32)26(2)3/h6-13,19,25H,4-5,14-18H2,1-3H3. The maximum Gasteiger partial charge on any atom is 0.309 e. The lowest BCUT2D eigenvalue weighted by molar-refractivity contribution is -0.149. The van der Waals surface area contributed by atoms with E-state index in [0.717, 1.165) is 22.8 Å². The molecule has 0 spiro atoms. The number of benzene rings is 2. The zero-order chi connectivity index (χ0) is 25.6. The summed E-state index contributed by atoms with van der Waals surface area (Å²) in [6.45, 7) is 3.69. The zero-order valence-corrected chi connectivity index (χ0v) is 21.9. The molecule has 0 saturated carbocycles. The van der Waals surface area contributed by atoms with Crippen LogP contribution in [0.3, 0.4) is 0 Å². The zero-order valence-electron chi connectivity index (χ0n) is 20.3. The lowest BCUT2D eigenvalue weighted by Gasteiger charge is -2.33. The van der Waals surface area contributed by atoms with Crippen molar-refractivity contribution in [2.24, 2.45) is 5.92 Å². The topological polar surface area (TPSA) is 113 Å². The van der Waals surface area contributed by atoms with E-state index in [4.69, 9.17) is 4.74 Å². The molecule has 0 bridgehead atoms. The fourth-order valence-electron chi connectivity index (χ4n) is 3.83. The molecule has 3 rings (SSSR count). The smallest absolute Gasteiger partial charge is 0.309 e. The van der Waals surface area contributed by atoms with Crippen molar-refractivity contribution >= 4 is 37.4 Å². The van der Waals surface area contributed by atoms with E-state index < -0.39 is 20.0 Å². The van der Waals surface area contributed by atoms with Crippen molar-refractivity contribution < 1.29 is 26.4 Å².